The van der Waals surface area contributed by atoms with Crippen LogP contribution in [0, 0.1) is 0 Å². The van der Waals surface area contributed by atoms with E-state index in [0.29, 0.717) is 20.8 Å². The van der Waals surface area contributed by atoms with Crippen molar-refractivity contribution in [2.24, 2.45) is 14.1 Å². The van der Waals surface area contributed by atoms with Crippen LogP contribution in [0.1, 0.15) is 5.56 Å². The van der Waals surface area contributed by atoms with Gasteiger partial charge < -0.3 is 9.47 Å². The fourth-order valence-electron chi connectivity index (χ4n) is 3.36. The van der Waals surface area contributed by atoms with Crippen molar-refractivity contribution in [3.63, 3.8) is 0 Å². The zero-order valence-corrected chi connectivity index (χ0v) is 20.0. The number of aromatic nitrogens is 4. The Kier molecular flexibility index (Phi) is 6.69. The molecule has 2 heterocycles. The lowest BCUT2D eigenvalue weighted by Gasteiger charge is -2.12. The molecule has 0 saturated heterocycles. The molecule has 172 valence electrons. The zero-order chi connectivity index (χ0) is 23.7. The summed E-state index contributed by atoms with van der Waals surface area (Å²) in [5.74, 6) is 0.463. The fourth-order valence-corrected chi connectivity index (χ4v) is 4.02. The van der Waals surface area contributed by atoms with E-state index < -0.39 is 11.2 Å². The first-order chi connectivity index (χ1) is 15.8. The lowest BCUT2D eigenvalue weighted by Crippen LogP contribution is -2.37. The summed E-state index contributed by atoms with van der Waals surface area (Å²) in [5.41, 5.74) is 0.250. The predicted octanol–water partition coefficient (Wildman–Crippen LogP) is 3.90. The SMILES string of the molecule is Cn1c(=O)c2c(nc(OCCOc3ccc(Cl)cc3Cl)n2Cc2ccccc2Cl)n(C)c1=O. The number of rotatable bonds is 7. The van der Waals surface area contributed by atoms with E-state index in [9.17, 15) is 9.59 Å². The number of hydrogen-bond acceptors (Lipinski definition) is 5. The number of imidazole rings is 1. The maximum absolute atomic E-state index is 12.9. The minimum Gasteiger partial charge on any atom is -0.488 e. The number of nitrogens with zero attached hydrogens (tertiary/aromatic N) is 4. The van der Waals surface area contributed by atoms with E-state index in [1.165, 1.54) is 11.6 Å². The Morgan fingerprint density at radius 1 is 0.909 bits per heavy atom. The molecule has 0 bridgehead atoms. The van der Waals surface area contributed by atoms with Gasteiger partial charge in [0.1, 0.15) is 19.0 Å². The second-order valence-corrected chi connectivity index (χ2v) is 8.47. The minimum absolute atomic E-state index is 0.110. The van der Waals surface area contributed by atoms with E-state index >= 15 is 0 Å². The summed E-state index contributed by atoms with van der Waals surface area (Å²) in [5, 5.41) is 1.42. The Balaban J connectivity index is 1.67. The summed E-state index contributed by atoms with van der Waals surface area (Å²) in [6.07, 6.45) is 0. The van der Waals surface area contributed by atoms with Gasteiger partial charge in [-0.3, -0.25) is 18.5 Å². The summed E-state index contributed by atoms with van der Waals surface area (Å²) in [7, 11) is 2.97. The number of hydrogen-bond donors (Lipinski definition) is 0. The molecule has 2 aromatic carbocycles. The molecule has 0 unspecified atom stereocenters. The molecule has 0 atom stereocenters. The number of benzene rings is 2. The van der Waals surface area contributed by atoms with Crippen LogP contribution in [0.15, 0.2) is 52.1 Å². The molecule has 4 rings (SSSR count). The Morgan fingerprint density at radius 2 is 1.64 bits per heavy atom. The van der Waals surface area contributed by atoms with Crippen LogP contribution in [-0.2, 0) is 20.6 Å². The van der Waals surface area contributed by atoms with Crippen LogP contribution in [0.3, 0.4) is 0 Å². The number of aryl methyl sites for hydroxylation is 1. The molecular weight excluding hydrogens is 491 g/mol. The highest BCUT2D eigenvalue weighted by molar-refractivity contribution is 6.35. The quantitative estimate of drug-likeness (QED) is 0.353. The normalized spacial score (nSPS) is 11.2. The van der Waals surface area contributed by atoms with Crippen LogP contribution in [0.2, 0.25) is 15.1 Å². The fraction of sp³-hybridized carbons (Fsp3) is 0.227. The highest BCUT2D eigenvalue weighted by atomic mass is 35.5. The first-order valence-corrected chi connectivity index (χ1v) is 11.0. The van der Waals surface area contributed by atoms with Crippen molar-refractivity contribution in [3.05, 3.63) is 83.9 Å². The Hall–Kier alpha value is -2.94. The van der Waals surface area contributed by atoms with Gasteiger partial charge in [0, 0.05) is 24.1 Å². The Bertz CT molecular complexity index is 1460. The van der Waals surface area contributed by atoms with Gasteiger partial charge in [0.25, 0.3) is 11.6 Å². The van der Waals surface area contributed by atoms with Gasteiger partial charge in [0.05, 0.1) is 11.6 Å². The molecule has 4 aromatic rings. The summed E-state index contributed by atoms with van der Waals surface area (Å²) >= 11 is 18.4. The molecule has 0 spiro atoms. The van der Waals surface area contributed by atoms with E-state index in [1.807, 2.05) is 18.2 Å². The Morgan fingerprint density at radius 3 is 2.36 bits per heavy atom. The van der Waals surface area contributed by atoms with Gasteiger partial charge in [-0.25, -0.2) is 4.79 Å². The van der Waals surface area contributed by atoms with Gasteiger partial charge in [-0.15, -0.1) is 0 Å². The molecule has 0 aliphatic rings. The van der Waals surface area contributed by atoms with Crippen LogP contribution in [0.4, 0.5) is 0 Å². The molecule has 11 heteroatoms. The van der Waals surface area contributed by atoms with Crippen LogP contribution in [0.25, 0.3) is 11.2 Å². The lowest BCUT2D eigenvalue weighted by atomic mass is 10.2. The molecule has 0 N–H and O–H groups in total. The number of ether oxygens (including phenoxy) is 2. The zero-order valence-electron chi connectivity index (χ0n) is 17.7. The molecular formula is C22H19Cl3N4O4. The second kappa shape index (κ2) is 9.51. The van der Waals surface area contributed by atoms with Crippen molar-refractivity contribution in [2.45, 2.75) is 6.54 Å². The maximum Gasteiger partial charge on any atom is 0.332 e. The summed E-state index contributed by atoms with van der Waals surface area (Å²) in [6, 6.07) is 12.3. The lowest BCUT2D eigenvalue weighted by molar-refractivity contribution is 0.202. The third kappa shape index (κ3) is 4.59. The summed E-state index contributed by atoms with van der Waals surface area (Å²) < 4.78 is 15.5. The molecule has 0 amide bonds. The molecule has 0 fully saturated rings. The highest BCUT2D eigenvalue weighted by Gasteiger charge is 2.21. The number of fused-ring (bicyclic) bond motifs is 1. The monoisotopic (exact) mass is 508 g/mol. The van der Waals surface area contributed by atoms with E-state index in [-0.39, 0.29) is 36.9 Å². The van der Waals surface area contributed by atoms with E-state index in [1.54, 1.807) is 35.9 Å². The average molecular weight is 510 g/mol. The second-order valence-electron chi connectivity index (χ2n) is 7.22. The van der Waals surface area contributed by atoms with Gasteiger partial charge in [-0.05, 0) is 29.8 Å². The predicted molar refractivity (Wildman–Crippen MR) is 128 cm³/mol. The molecule has 0 aliphatic carbocycles. The van der Waals surface area contributed by atoms with Crippen molar-refractivity contribution < 1.29 is 9.47 Å². The van der Waals surface area contributed by atoms with Crippen LogP contribution in [-0.4, -0.2) is 31.9 Å². The average Bonchev–Trinajstić information content (AvgIpc) is 3.15. The van der Waals surface area contributed by atoms with E-state index in [2.05, 4.69) is 4.98 Å². The van der Waals surface area contributed by atoms with Crippen molar-refractivity contribution in [3.8, 4) is 11.8 Å². The van der Waals surface area contributed by atoms with E-state index in [0.717, 1.165) is 10.1 Å². The summed E-state index contributed by atoms with van der Waals surface area (Å²) in [4.78, 5) is 29.7. The minimum atomic E-state index is -0.484. The molecule has 8 nitrogen and oxygen atoms in total. The first kappa shape index (κ1) is 23.2. The highest BCUT2D eigenvalue weighted by Crippen LogP contribution is 2.27. The van der Waals surface area contributed by atoms with Crippen molar-refractivity contribution in [1.82, 2.24) is 18.7 Å². The Labute approximate surface area is 203 Å². The third-order valence-corrected chi connectivity index (χ3v) is 5.96. The van der Waals surface area contributed by atoms with Gasteiger partial charge in [0.15, 0.2) is 11.2 Å². The van der Waals surface area contributed by atoms with Crippen molar-refractivity contribution in [2.75, 3.05) is 13.2 Å². The maximum atomic E-state index is 12.9. The molecule has 0 saturated carbocycles. The van der Waals surface area contributed by atoms with Crippen molar-refractivity contribution in [1.29, 1.82) is 0 Å². The standard InChI is InChI=1S/C22H19Cl3N4O4/c1-27-19-18(20(30)28(2)22(27)31)29(12-13-5-3-4-6-15(13)24)21(26-19)33-10-9-32-17-8-7-14(23)11-16(17)25/h3-8,11H,9-10,12H2,1-2H3. The number of halogens is 3. The summed E-state index contributed by atoms with van der Waals surface area (Å²) in [6.45, 7) is 0.496. The molecule has 2 aromatic heterocycles. The molecule has 33 heavy (non-hydrogen) atoms. The van der Waals surface area contributed by atoms with E-state index in [4.69, 9.17) is 44.3 Å². The third-order valence-electron chi connectivity index (χ3n) is 5.07. The van der Waals surface area contributed by atoms with Gasteiger partial charge in [-0.2, -0.15) is 4.98 Å². The first-order valence-electron chi connectivity index (χ1n) is 9.88. The van der Waals surface area contributed by atoms with Gasteiger partial charge in [-0.1, -0.05) is 53.0 Å². The molecule has 0 aliphatic heterocycles. The van der Waals surface area contributed by atoms with Gasteiger partial charge in [0.2, 0.25) is 0 Å². The largest absolute Gasteiger partial charge is 0.488 e. The van der Waals surface area contributed by atoms with Crippen LogP contribution < -0.4 is 20.7 Å². The van der Waals surface area contributed by atoms with Crippen LogP contribution >= 0.6 is 34.8 Å². The molecule has 0 radical (unpaired) electrons. The topological polar surface area (TPSA) is 80.3 Å². The van der Waals surface area contributed by atoms with Crippen LogP contribution in [0.5, 0.6) is 11.8 Å². The smallest absolute Gasteiger partial charge is 0.332 e. The van der Waals surface area contributed by atoms with Crippen molar-refractivity contribution >= 4 is 46.0 Å². The van der Waals surface area contributed by atoms with Gasteiger partial charge >= 0.3 is 5.69 Å².